The van der Waals surface area contributed by atoms with Crippen molar-refractivity contribution in [1.29, 1.82) is 0 Å². The Labute approximate surface area is 137 Å². The molecule has 3 rings (SSSR count). The van der Waals surface area contributed by atoms with Gasteiger partial charge in [-0.25, -0.2) is 9.97 Å². The third-order valence-electron chi connectivity index (χ3n) is 2.75. The van der Waals surface area contributed by atoms with Crippen molar-refractivity contribution in [1.82, 2.24) is 9.97 Å². The lowest BCUT2D eigenvalue weighted by atomic mass is 10.1. The highest BCUT2D eigenvalue weighted by Gasteiger charge is 2.12. The van der Waals surface area contributed by atoms with Crippen molar-refractivity contribution < 1.29 is 4.74 Å². The lowest BCUT2D eigenvalue weighted by molar-refractivity contribution is 0.456. The predicted octanol–water partition coefficient (Wildman–Crippen LogP) is 5.60. The van der Waals surface area contributed by atoms with E-state index in [1.807, 2.05) is 36.4 Å². The first-order valence-corrected chi connectivity index (χ1v) is 7.64. The highest BCUT2D eigenvalue weighted by molar-refractivity contribution is 9.11. The molecule has 0 saturated carbocycles. The van der Waals surface area contributed by atoms with Crippen LogP contribution in [0.4, 0.5) is 0 Å². The topological polar surface area (TPSA) is 35.0 Å². The molecule has 0 amide bonds. The van der Waals surface area contributed by atoms with E-state index in [1.165, 1.54) is 6.33 Å². The SMILES string of the molecule is Clc1ncnc(Oc2ccc3ccccc3c2Br)c1Br. The fraction of sp³-hybridized carbons (Fsp3) is 0. The Morgan fingerprint density at radius 3 is 2.60 bits per heavy atom. The first-order valence-electron chi connectivity index (χ1n) is 5.68. The van der Waals surface area contributed by atoms with Gasteiger partial charge in [0.1, 0.15) is 16.5 Å². The summed E-state index contributed by atoms with van der Waals surface area (Å²) in [5.41, 5.74) is 0. The highest BCUT2D eigenvalue weighted by Crippen LogP contribution is 2.38. The number of benzene rings is 2. The second-order valence-corrected chi connectivity index (χ2v) is 5.93. The van der Waals surface area contributed by atoms with Crippen LogP contribution in [0.3, 0.4) is 0 Å². The summed E-state index contributed by atoms with van der Waals surface area (Å²) in [5, 5.41) is 2.51. The molecule has 0 atom stereocenters. The Morgan fingerprint density at radius 2 is 1.75 bits per heavy atom. The Hall–Kier alpha value is -1.17. The van der Waals surface area contributed by atoms with E-state index in [9.17, 15) is 0 Å². The molecule has 3 nitrogen and oxygen atoms in total. The molecule has 0 aliphatic rings. The zero-order chi connectivity index (χ0) is 14.1. The van der Waals surface area contributed by atoms with Gasteiger partial charge in [-0.15, -0.1) is 0 Å². The van der Waals surface area contributed by atoms with E-state index in [4.69, 9.17) is 16.3 Å². The molecular weight excluding hydrogens is 407 g/mol. The van der Waals surface area contributed by atoms with Gasteiger partial charge < -0.3 is 4.74 Å². The van der Waals surface area contributed by atoms with Crippen molar-refractivity contribution in [2.45, 2.75) is 0 Å². The minimum absolute atomic E-state index is 0.312. The molecule has 1 heterocycles. The molecule has 1 aromatic heterocycles. The molecule has 0 fully saturated rings. The van der Waals surface area contributed by atoms with Crippen LogP contribution < -0.4 is 4.74 Å². The molecule has 0 N–H and O–H groups in total. The molecule has 0 aliphatic heterocycles. The summed E-state index contributed by atoms with van der Waals surface area (Å²) in [6.45, 7) is 0. The van der Waals surface area contributed by atoms with E-state index in [-0.39, 0.29) is 0 Å². The van der Waals surface area contributed by atoms with Crippen molar-refractivity contribution in [3.63, 3.8) is 0 Å². The first kappa shape index (κ1) is 13.8. The fourth-order valence-electron chi connectivity index (χ4n) is 1.80. The monoisotopic (exact) mass is 412 g/mol. The molecule has 0 radical (unpaired) electrons. The van der Waals surface area contributed by atoms with Gasteiger partial charge in [-0.2, -0.15) is 0 Å². The molecule has 3 aromatic rings. The minimum Gasteiger partial charge on any atom is -0.436 e. The Balaban J connectivity index is 2.07. The molecule has 0 bridgehead atoms. The van der Waals surface area contributed by atoms with Crippen LogP contribution in [0, 0.1) is 0 Å². The van der Waals surface area contributed by atoms with Crippen LogP contribution in [-0.2, 0) is 0 Å². The lowest BCUT2D eigenvalue weighted by Gasteiger charge is -2.10. The van der Waals surface area contributed by atoms with Crippen molar-refractivity contribution in [2.75, 3.05) is 0 Å². The maximum absolute atomic E-state index is 5.93. The van der Waals surface area contributed by atoms with Crippen LogP contribution in [0.1, 0.15) is 0 Å². The second kappa shape index (κ2) is 5.68. The van der Waals surface area contributed by atoms with Crippen LogP contribution in [0.15, 0.2) is 51.7 Å². The number of hydrogen-bond donors (Lipinski definition) is 0. The number of hydrogen-bond acceptors (Lipinski definition) is 3. The molecule has 0 unspecified atom stereocenters. The van der Waals surface area contributed by atoms with E-state index in [2.05, 4.69) is 41.8 Å². The Morgan fingerprint density at radius 1 is 0.950 bits per heavy atom. The third kappa shape index (κ3) is 2.53. The van der Waals surface area contributed by atoms with Crippen LogP contribution in [0.5, 0.6) is 11.6 Å². The number of nitrogens with zero attached hydrogens (tertiary/aromatic N) is 2. The quantitative estimate of drug-likeness (QED) is 0.512. The maximum atomic E-state index is 5.93. The normalized spacial score (nSPS) is 10.8. The summed E-state index contributed by atoms with van der Waals surface area (Å²) in [6, 6.07) is 11.9. The number of halogens is 3. The average molecular weight is 414 g/mol. The van der Waals surface area contributed by atoms with Gasteiger partial charge in [0.15, 0.2) is 5.15 Å². The molecule has 0 aliphatic carbocycles. The maximum Gasteiger partial charge on any atom is 0.238 e. The van der Waals surface area contributed by atoms with Crippen LogP contribution in [-0.4, -0.2) is 9.97 Å². The van der Waals surface area contributed by atoms with E-state index in [0.29, 0.717) is 21.3 Å². The number of ether oxygens (including phenoxy) is 1. The van der Waals surface area contributed by atoms with Crippen LogP contribution in [0.25, 0.3) is 10.8 Å². The largest absolute Gasteiger partial charge is 0.436 e. The molecule has 2 aromatic carbocycles. The Kier molecular flexibility index (Phi) is 3.92. The molecule has 100 valence electrons. The molecule has 20 heavy (non-hydrogen) atoms. The van der Waals surface area contributed by atoms with Crippen molar-refractivity contribution >= 4 is 54.2 Å². The number of fused-ring (bicyclic) bond motifs is 1. The average Bonchev–Trinajstić information content (AvgIpc) is 2.47. The summed E-state index contributed by atoms with van der Waals surface area (Å²) in [5.74, 6) is 1.04. The summed E-state index contributed by atoms with van der Waals surface area (Å²) in [4.78, 5) is 7.94. The lowest BCUT2D eigenvalue weighted by Crippen LogP contribution is -1.92. The van der Waals surface area contributed by atoms with Crippen molar-refractivity contribution in [3.05, 3.63) is 56.8 Å². The van der Waals surface area contributed by atoms with Gasteiger partial charge in [0.05, 0.1) is 4.47 Å². The first-order chi connectivity index (χ1) is 9.66. The van der Waals surface area contributed by atoms with E-state index in [1.54, 1.807) is 0 Å². The minimum atomic E-state index is 0.312. The standard InChI is InChI=1S/C14H7Br2ClN2O/c15-11-9-4-2-1-3-8(9)5-6-10(11)20-14-12(16)13(17)18-7-19-14/h1-7H. The summed E-state index contributed by atoms with van der Waals surface area (Å²) in [7, 11) is 0. The molecule has 0 spiro atoms. The molecule has 6 heteroatoms. The Bertz CT molecular complexity index is 795. The van der Waals surface area contributed by atoms with Gasteiger partial charge in [-0.05, 0) is 48.7 Å². The zero-order valence-corrected chi connectivity index (χ0v) is 13.9. The summed E-state index contributed by atoms with van der Waals surface area (Å²) >= 11 is 12.8. The van der Waals surface area contributed by atoms with Gasteiger partial charge in [-0.1, -0.05) is 41.9 Å². The van der Waals surface area contributed by atoms with Gasteiger partial charge in [-0.3, -0.25) is 0 Å². The second-order valence-electron chi connectivity index (χ2n) is 3.98. The summed E-state index contributed by atoms with van der Waals surface area (Å²) in [6.07, 6.45) is 1.36. The van der Waals surface area contributed by atoms with Gasteiger partial charge in [0.25, 0.3) is 0 Å². The van der Waals surface area contributed by atoms with Gasteiger partial charge in [0, 0.05) is 0 Å². The van der Waals surface area contributed by atoms with Crippen molar-refractivity contribution in [2.24, 2.45) is 0 Å². The van der Waals surface area contributed by atoms with Gasteiger partial charge >= 0.3 is 0 Å². The van der Waals surface area contributed by atoms with E-state index >= 15 is 0 Å². The smallest absolute Gasteiger partial charge is 0.238 e. The van der Waals surface area contributed by atoms with E-state index in [0.717, 1.165) is 15.2 Å². The zero-order valence-electron chi connectivity index (χ0n) is 9.98. The third-order valence-corrected chi connectivity index (χ3v) is 4.80. The van der Waals surface area contributed by atoms with E-state index < -0.39 is 0 Å². The highest BCUT2D eigenvalue weighted by atomic mass is 79.9. The number of aromatic nitrogens is 2. The molecule has 0 saturated heterocycles. The molecular formula is C14H7Br2ClN2O. The van der Waals surface area contributed by atoms with Crippen LogP contribution >= 0.6 is 43.5 Å². The predicted molar refractivity (Wildman–Crippen MR) is 86.5 cm³/mol. The van der Waals surface area contributed by atoms with Gasteiger partial charge in [0.2, 0.25) is 5.88 Å². The number of rotatable bonds is 2. The fourth-order valence-corrected chi connectivity index (χ4v) is 2.79. The summed E-state index contributed by atoms with van der Waals surface area (Å²) < 4.78 is 7.20. The van der Waals surface area contributed by atoms with Crippen molar-refractivity contribution in [3.8, 4) is 11.6 Å². The van der Waals surface area contributed by atoms with Crippen LogP contribution in [0.2, 0.25) is 5.15 Å².